The molecule has 1 N–H and O–H groups in total. The van der Waals surface area contributed by atoms with Gasteiger partial charge in [-0.1, -0.05) is 24.3 Å². The van der Waals surface area contributed by atoms with E-state index in [0.29, 0.717) is 5.78 Å². The van der Waals surface area contributed by atoms with Gasteiger partial charge >= 0.3 is 0 Å². The Bertz CT molecular complexity index is 1070. The SMILES string of the molecule is Cc1cc(N[C@@H](c2ccc3c(c2)CCC3)c2cccs2)n2ncnc2n1. The summed E-state index contributed by atoms with van der Waals surface area (Å²) in [5.74, 6) is 1.52. The van der Waals surface area contributed by atoms with Crippen LogP contribution in [0.15, 0.2) is 48.1 Å². The summed E-state index contributed by atoms with van der Waals surface area (Å²) in [6.45, 7) is 1.98. The molecule has 4 aromatic rings. The van der Waals surface area contributed by atoms with Crippen LogP contribution in [0.2, 0.25) is 0 Å². The van der Waals surface area contributed by atoms with Crippen molar-refractivity contribution >= 4 is 22.9 Å². The second-order valence-electron chi connectivity index (χ2n) is 6.73. The van der Waals surface area contributed by atoms with Crippen molar-refractivity contribution in [3.8, 4) is 0 Å². The fourth-order valence-electron chi connectivity index (χ4n) is 3.73. The number of anilines is 1. The maximum atomic E-state index is 4.44. The molecule has 0 saturated carbocycles. The van der Waals surface area contributed by atoms with Crippen molar-refractivity contribution in [1.82, 2.24) is 19.6 Å². The first kappa shape index (κ1) is 15.5. The van der Waals surface area contributed by atoms with Gasteiger partial charge < -0.3 is 5.32 Å². The number of hydrogen-bond acceptors (Lipinski definition) is 5. The minimum Gasteiger partial charge on any atom is -0.358 e. The zero-order valence-corrected chi connectivity index (χ0v) is 15.3. The van der Waals surface area contributed by atoms with Crippen LogP contribution < -0.4 is 5.32 Å². The first-order valence-electron chi connectivity index (χ1n) is 8.87. The third-order valence-corrected chi connectivity index (χ3v) is 5.89. The van der Waals surface area contributed by atoms with Crippen molar-refractivity contribution in [2.75, 3.05) is 5.32 Å². The number of thiophene rings is 1. The summed E-state index contributed by atoms with van der Waals surface area (Å²) in [5.41, 5.74) is 5.20. The highest BCUT2D eigenvalue weighted by Crippen LogP contribution is 2.33. The van der Waals surface area contributed by atoms with Gasteiger partial charge in [0.2, 0.25) is 0 Å². The van der Waals surface area contributed by atoms with Crippen LogP contribution >= 0.6 is 11.3 Å². The molecule has 5 rings (SSSR count). The van der Waals surface area contributed by atoms with Crippen LogP contribution in [0.5, 0.6) is 0 Å². The fourth-order valence-corrected chi connectivity index (χ4v) is 4.53. The average Bonchev–Trinajstić information content (AvgIpc) is 3.38. The van der Waals surface area contributed by atoms with Crippen molar-refractivity contribution in [2.45, 2.75) is 32.2 Å². The van der Waals surface area contributed by atoms with E-state index in [1.165, 1.54) is 40.8 Å². The predicted octanol–water partition coefficient (Wildman–Crippen LogP) is 4.18. The highest BCUT2D eigenvalue weighted by molar-refractivity contribution is 7.10. The van der Waals surface area contributed by atoms with Crippen molar-refractivity contribution in [2.24, 2.45) is 0 Å². The quantitative estimate of drug-likeness (QED) is 0.592. The van der Waals surface area contributed by atoms with Crippen molar-refractivity contribution in [1.29, 1.82) is 0 Å². The lowest BCUT2D eigenvalue weighted by molar-refractivity contribution is 0.876. The molecule has 26 heavy (non-hydrogen) atoms. The molecule has 1 aromatic carbocycles. The average molecular weight is 361 g/mol. The predicted molar refractivity (Wildman–Crippen MR) is 104 cm³/mol. The molecule has 0 spiro atoms. The lowest BCUT2D eigenvalue weighted by Gasteiger charge is -2.21. The summed E-state index contributed by atoms with van der Waals surface area (Å²) in [6, 6.07) is 13.3. The summed E-state index contributed by atoms with van der Waals surface area (Å²) in [4.78, 5) is 9.95. The van der Waals surface area contributed by atoms with Gasteiger partial charge in [-0.3, -0.25) is 0 Å². The fraction of sp³-hybridized carbons (Fsp3) is 0.250. The summed E-state index contributed by atoms with van der Waals surface area (Å²) in [6.07, 6.45) is 5.19. The smallest absolute Gasteiger partial charge is 0.254 e. The topological polar surface area (TPSA) is 55.1 Å². The number of nitrogens with zero attached hydrogens (tertiary/aromatic N) is 4. The van der Waals surface area contributed by atoms with Gasteiger partial charge in [0.15, 0.2) is 0 Å². The second-order valence-corrected chi connectivity index (χ2v) is 7.71. The van der Waals surface area contributed by atoms with Crippen LogP contribution in [0.4, 0.5) is 5.82 Å². The molecule has 1 atom stereocenters. The van der Waals surface area contributed by atoms with Crippen molar-refractivity contribution in [3.05, 3.63) is 75.4 Å². The summed E-state index contributed by atoms with van der Waals surface area (Å²) in [5, 5.41) is 10.1. The Morgan fingerprint density at radius 1 is 1.15 bits per heavy atom. The molecule has 1 aliphatic carbocycles. The maximum absolute atomic E-state index is 4.44. The van der Waals surface area contributed by atoms with E-state index in [1.54, 1.807) is 22.2 Å². The molecular weight excluding hydrogens is 342 g/mol. The zero-order chi connectivity index (χ0) is 17.5. The molecular formula is C20H19N5S. The molecule has 0 bridgehead atoms. The van der Waals surface area contributed by atoms with Gasteiger partial charge in [0.1, 0.15) is 12.1 Å². The Morgan fingerprint density at radius 3 is 2.96 bits per heavy atom. The van der Waals surface area contributed by atoms with E-state index in [1.807, 2.05) is 13.0 Å². The molecule has 0 radical (unpaired) electrons. The summed E-state index contributed by atoms with van der Waals surface area (Å²) in [7, 11) is 0. The van der Waals surface area contributed by atoms with E-state index in [2.05, 4.69) is 56.1 Å². The van der Waals surface area contributed by atoms with E-state index < -0.39 is 0 Å². The molecule has 0 unspecified atom stereocenters. The third-order valence-electron chi connectivity index (χ3n) is 4.96. The molecule has 1 aliphatic rings. The van der Waals surface area contributed by atoms with E-state index >= 15 is 0 Å². The van der Waals surface area contributed by atoms with E-state index in [9.17, 15) is 0 Å². The van der Waals surface area contributed by atoms with Crippen molar-refractivity contribution in [3.63, 3.8) is 0 Å². The number of hydrogen-bond donors (Lipinski definition) is 1. The molecule has 0 fully saturated rings. The van der Waals surface area contributed by atoms with Gasteiger partial charge in [-0.25, -0.2) is 4.98 Å². The van der Waals surface area contributed by atoms with Gasteiger partial charge in [-0.2, -0.15) is 14.6 Å². The Morgan fingerprint density at radius 2 is 2.08 bits per heavy atom. The highest BCUT2D eigenvalue weighted by atomic mass is 32.1. The van der Waals surface area contributed by atoms with Crippen LogP contribution in [-0.2, 0) is 12.8 Å². The first-order chi connectivity index (χ1) is 12.8. The van der Waals surface area contributed by atoms with E-state index in [4.69, 9.17) is 0 Å². The van der Waals surface area contributed by atoms with Gasteiger partial charge in [0.05, 0.1) is 6.04 Å². The summed E-state index contributed by atoms with van der Waals surface area (Å²) < 4.78 is 1.76. The molecule has 0 amide bonds. The Labute approximate surface area is 155 Å². The molecule has 5 nitrogen and oxygen atoms in total. The monoisotopic (exact) mass is 361 g/mol. The minimum atomic E-state index is 0.0788. The van der Waals surface area contributed by atoms with E-state index in [0.717, 1.165) is 11.5 Å². The van der Waals surface area contributed by atoms with Crippen LogP contribution in [-0.4, -0.2) is 19.6 Å². The lowest BCUT2D eigenvalue weighted by atomic mass is 10.00. The van der Waals surface area contributed by atoms with Gasteiger partial charge in [0, 0.05) is 16.6 Å². The lowest BCUT2D eigenvalue weighted by Crippen LogP contribution is -2.15. The zero-order valence-electron chi connectivity index (χ0n) is 14.5. The molecule has 6 heteroatoms. The molecule has 3 heterocycles. The minimum absolute atomic E-state index is 0.0788. The van der Waals surface area contributed by atoms with Crippen LogP contribution in [0.25, 0.3) is 5.78 Å². The Balaban J connectivity index is 1.60. The van der Waals surface area contributed by atoms with Crippen LogP contribution in [0.3, 0.4) is 0 Å². The van der Waals surface area contributed by atoms with Gasteiger partial charge in [-0.05, 0) is 54.3 Å². The third kappa shape index (κ3) is 2.66. The number of rotatable bonds is 4. The first-order valence-corrected chi connectivity index (χ1v) is 9.75. The molecule has 0 aliphatic heterocycles. The Kier molecular flexibility index (Phi) is 3.71. The standard InChI is InChI=1S/C20H19N5S/c1-13-10-18(25-20(23-13)21-12-22-25)24-19(17-6-3-9-26-17)16-8-7-14-4-2-5-15(14)11-16/h3,6-12,19,24H,2,4-5H2,1H3/t19-/m0/s1. The maximum Gasteiger partial charge on any atom is 0.254 e. The van der Waals surface area contributed by atoms with Crippen molar-refractivity contribution < 1.29 is 0 Å². The number of aromatic nitrogens is 4. The number of nitrogens with one attached hydrogen (secondary N) is 1. The van der Waals surface area contributed by atoms with Gasteiger partial charge in [-0.15, -0.1) is 11.3 Å². The second kappa shape index (κ2) is 6.21. The number of aryl methyl sites for hydroxylation is 3. The molecule has 130 valence electrons. The molecule has 3 aromatic heterocycles. The number of fused-ring (bicyclic) bond motifs is 2. The van der Waals surface area contributed by atoms with E-state index in [-0.39, 0.29) is 6.04 Å². The Hall–Kier alpha value is -2.73. The molecule has 0 saturated heterocycles. The number of benzene rings is 1. The van der Waals surface area contributed by atoms with Crippen LogP contribution in [0.1, 0.15) is 39.7 Å². The normalized spacial score (nSPS) is 14.5. The summed E-state index contributed by atoms with van der Waals surface area (Å²) >= 11 is 1.77. The highest BCUT2D eigenvalue weighted by Gasteiger charge is 2.20. The van der Waals surface area contributed by atoms with Gasteiger partial charge in [0.25, 0.3) is 5.78 Å². The largest absolute Gasteiger partial charge is 0.358 e. The van der Waals surface area contributed by atoms with Crippen LogP contribution in [0, 0.1) is 6.92 Å².